The SMILES string of the molecule is C[C@@H](OC[C@@H](O)CNC(=O)Nc1cn[nH]c1)c1ccccc1. The molecule has 0 radical (unpaired) electrons. The minimum absolute atomic E-state index is 0.102. The van der Waals surface area contributed by atoms with E-state index >= 15 is 0 Å². The van der Waals surface area contributed by atoms with Gasteiger partial charge in [0.05, 0.1) is 30.7 Å². The van der Waals surface area contributed by atoms with Crippen LogP contribution in [0, 0.1) is 0 Å². The molecule has 0 bridgehead atoms. The van der Waals surface area contributed by atoms with E-state index in [1.54, 1.807) is 6.20 Å². The summed E-state index contributed by atoms with van der Waals surface area (Å²) in [5.41, 5.74) is 1.60. The molecule has 22 heavy (non-hydrogen) atoms. The molecule has 0 spiro atoms. The number of anilines is 1. The van der Waals surface area contributed by atoms with Gasteiger partial charge < -0.3 is 20.5 Å². The number of carbonyl (C=O) groups is 1. The van der Waals surface area contributed by atoms with E-state index in [1.165, 1.54) is 6.20 Å². The monoisotopic (exact) mass is 304 g/mol. The van der Waals surface area contributed by atoms with E-state index in [2.05, 4.69) is 20.8 Å². The number of urea groups is 1. The maximum Gasteiger partial charge on any atom is 0.319 e. The molecule has 118 valence electrons. The third-order valence-corrected chi connectivity index (χ3v) is 3.06. The van der Waals surface area contributed by atoms with E-state index in [9.17, 15) is 9.90 Å². The molecule has 0 fully saturated rings. The van der Waals surface area contributed by atoms with Gasteiger partial charge in [0.15, 0.2) is 0 Å². The van der Waals surface area contributed by atoms with Gasteiger partial charge in [-0.1, -0.05) is 30.3 Å². The third-order valence-electron chi connectivity index (χ3n) is 3.06. The zero-order chi connectivity index (χ0) is 15.8. The topological polar surface area (TPSA) is 99.3 Å². The second kappa shape index (κ2) is 8.16. The Hall–Kier alpha value is -2.38. The molecule has 1 aromatic carbocycles. The lowest BCUT2D eigenvalue weighted by molar-refractivity contribution is -0.000953. The van der Waals surface area contributed by atoms with Crippen LogP contribution < -0.4 is 10.6 Å². The number of aromatic amines is 1. The standard InChI is InChI=1S/C15H20N4O3/c1-11(12-5-3-2-4-6-12)22-10-14(20)9-16-15(21)19-13-7-17-18-8-13/h2-8,11,14,20H,9-10H2,1H3,(H,17,18)(H2,16,19,21)/t11-,14+/m1/s1. The first-order chi connectivity index (χ1) is 10.6. The molecule has 0 saturated carbocycles. The molecule has 2 atom stereocenters. The summed E-state index contributed by atoms with van der Waals surface area (Å²) >= 11 is 0. The lowest BCUT2D eigenvalue weighted by atomic mass is 10.1. The number of ether oxygens (including phenoxy) is 1. The summed E-state index contributed by atoms with van der Waals surface area (Å²) in [5, 5.41) is 21.3. The molecule has 7 nitrogen and oxygen atoms in total. The van der Waals surface area contributed by atoms with Crippen LogP contribution in [0.25, 0.3) is 0 Å². The molecule has 0 aliphatic heterocycles. The summed E-state index contributed by atoms with van der Waals surface area (Å²) < 4.78 is 5.59. The van der Waals surface area contributed by atoms with Crippen LogP contribution in [0.15, 0.2) is 42.7 Å². The lowest BCUT2D eigenvalue weighted by Gasteiger charge is -2.17. The first-order valence-electron chi connectivity index (χ1n) is 7.03. The van der Waals surface area contributed by atoms with Crippen molar-refractivity contribution in [3.05, 3.63) is 48.3 Å². The summed E-state index contributed by atoms with van der Waals surface area (Å²) in [6.45, 7) is 2.16. The Morgan fingerprint density at radius 1 is 1.41 bits per heavy atom. The zero-order valence-electron chi connectivity index (χ0n) is 12.3. The Morgan fingerprint density at radius 3 is 2.86 bits per heavy atom. The number of benzene rings is 1. The van der Waals surface area contributed by atoms with Crippen molar-refractivity contribution in [1.82, 2.24) is 15.5 Å². The Kier molecular flexibility index (Phi) is 5.93. The fourth-order valence-corrected chi connectivity index (χ4v) is 1.84. The number of H-pyrrole nitrogens is 1. The number of amides is 2. The maximum absolute atomic E-state index is 11.6. The van der Waals surface area contributed by atoms with Gasteiger partial charge in [-0.3, -0.25) is 5.10 Å². The van der Waals surface area contributed by atoms with Crippen molar-refractivity contribution in [3.63, 3.8) is 0 Å². The van der Waals surface area contributed by atoms with E-state index in [4.69, 9.17) is 4.74 Å². The highest BCUT2D eigenvalue weighted by Gasteiger charge is 2.11. The smallest absolute Gasteiger partial charge is 0.319 e. The number of carbonyl (C=O) groups excluding carboxylic acids is 1. The molecular formula is C15H20N4O3. The molecular weight excluding hydrogens is 284 g/mol. The van der Waals surface area contributed by atoms with Crippen molar-refractivity contribution in [2.75, 3.05) is 18.5 Å². The number of rotatable bonds is 7. The van der Waals surface area contributed by atoms with Crippen molar-refractivity contribution >= 4 is 11.7 Å². The normalized spacial score (nSPS) is 13.4. The minimum atomic E-state index is -0.777. The van der Waals surface area contributed by atoms with Crippen LogP contribution in [0.5, 0.6) is 0 Å². The predicted molar refractivity (Wildman–Crippen MR) is 82.4 cm³/mol. The van der Waals surface area contributed by atoms with Gasteiger partial charge in [-0.05, 0) is 12.5 Å². The number of hydrogen-bond donors (Lipinski definition) is 4. The zero-order valence-corrected chi connectivity index (χ0v) is 12.3. The van der Waals surface area contributed by atoms with Crippen LogP contribution in [-0.4, -0.2) is 40.6 Å². The summed E-state index contributed by atoms with van der Waals surface area (Å²) in [5.74, 6) is 0. The fraction of sp³-hybridized carbons (Fsp3) is 0.333. The number of nitrogens with zero attached hydrogens (tertiary/aromatic N) is 1. The summed E-state index contributed by atoms with van der Waals surface area (Å²) in [7, 11) is 0. The van der Waals surface area contributed by atoms with Gasteiger partial charge >= 0.3 is 6.03 Å². The maximum atomic E-state index is 11.6. The molecule has 0 saturated heterocycles. The molecule has 2 amide bonds. The van der Waals surface area contributed by atoms with Crippen molar-refractivity contribution < 1.29 is 14.6 Å². The summed E-state index contributed by atoms with van der Waals surface area (Å²) in [6.07, 6.45) is 2.15. The first kappa shape index (κ1) is 16.0. The van der Waals surface area contributed by atoms with Crippen LogP contribution in [0.1, 0.15) is 18.6 Å². The van der Waals surface area contributed by atoms with Crippen molar-refractivity contribution in [1.29, 1.82) is 0 Å². The Balaban J connectivity index is 1.65. The van der Waals surface area contributed by atoms with Gasteiger partial charge in [-0.2, -0.15) is 5.10 Å². The first-order valence-corrected chi connectivity index (χ1v) is 7.03. The largest absolute Gasteiger partial charge is 0.389 e. The molecule has 1 aromatic heterocycles. The van der Waals surface area contributed by atoms with Gasteiger partial charge in [-0.15, -0.1) is 0 Å². The van der Waals surface area contributed by atoms with E-state index in [1.807, 2.05) is 37.3 Å². The van der Waals surface area contributed by atoms with E-state index in [-0.39, 0.29) is 19.3 Å². The summed E-state index contributed by atoms with van der Waals surface area (Å²) in [6, 6.07) is 9.34. The van der Waals surface area contributed by atoms with Crippen LogP contribution in [0.4, 0.5) is 10.5 Å². The third kappa shape index (κ3) is 5.19. The van der Waals surface area contributed by atoms with E-state index in [0.29, 0.717) is 5.69 Å². The lowest BCUT2D eigenvalue weighted by Crippen LogP contribution is -2.37. The minimum Gasteiger partial charge on any atom is -0.389 e. The molecule has 0 aliphatic rings. The number of aliphatic hydroxyl groups is 1. The highest BCUT2D eigenvalue weighted by molar-refractivity contribution is 5.88. The Labute approximate surface area is 128 Å². The Bertz CT molecular complexity index is 559. The van der Waals surface area contributed by atoms with Crippen LogP contribution in [-0.2, 0) is 4.74 Å². The van der Waals surface area contributed by atoms with Crippen molar-refractivity contribution in [2.45, 2.75) is 19.1 Å². The Morgan fingerprint density at radius 2 is 2.18 bits per heavy atom. The predicted octanol–water partition coefficient (Wildman–Crippen LogP) is 1.67. The average molecular weight is 304 g/mol. The van der Waals surface area contributed by atoms with Gasteiger partial charge in [-0.25, -0.2) is 4.79 Å². The highest BCUT2D eigenvalue weighted by atomic mass is 16.5. The quantitative estimate of drug-likeness (QED) is 0.625. The average Bonchev–Trinajstić information content (AvgIpc) is 3.04. The number of hydrogen-bond acceptors (Lipinski definition) is 4. The van der Waals surface area contributed by atoms with E-state index < -0.39 is 12.1 Å². The highest BCUT2D eigenvalue weighted by Crippen LogP contribution is 2.15. The van der Waals surface area contributed by atoms with Crippen molar-refractivity contribution in [3.8, 4) is 0 Å². The number of nitrogens with one attached hydrogen (secondary N) is 3. The van der Waals surface area contributed by atoms with Gasteiger partial charge in [0, 0.05) is 12.7 Å². The molecule has 1 heterocycles. The molecule has 7 heteroatoms. The van der Waals surface area contributed by atoms with Crippen molar-refractivity contribution in [2.24, 2.45) is 0 Å². The van der Waals surface area contributed by atoms with Crippen LogP contribution in [0.3, 0.4) is 0 Å². The van der Waals surface area contributed by atoms with Gasteiger partial charge in [0.25, 0.3) is 0 Å². The molecule has 2 aromatic rings. The van der Waals surface area contributed by atoms with Crippen LogP contribution >= 0.6 is 0 Å². The molecule has 4 N–H and O–H groups in total. The summed E-state index contributed by atoms with van der Waals surface area (Å²) in [4.78, 5) is 11.6. The second-order valence-electron chi connectivity index (χ2n) is 4.86. The molecule has 0 aliphatic carbocycles. The van der Waals surface area contributed by atoms with Crippen LogP contribution in [0.2, 0.25) is 0 Å². The van der Waals surface area contributed by atoms with E-state index in [0.717, 1.165) is 5.56 Å². The number of aliphatic hydroxyl groups excluding tert-OH is 1. The van der Waals surface area contributed by atoms with Gasteiger partial charge in [0.1, 0.15) is 0 Å². The second-order valence-corrected chi connectivity index (χ2v) is 4.86. The van der Waals surface area contributed by atoms with Gasteiger partial charge in [0.2, 0.25) is 0 Å². The fourth-order valence-electron chi connectivity index (χ4n) is 1.84. The molecule has 0 unspecified atom stereocenters. The molecule has 2 rings (SSSR count). The number of aromatic nitrogens is 2.